The molecule has 0 bridgehead atoms. The molecule has 1 rings (SSSR count). The second-order valence-electron chi connectivity index (χ2n) is 2.94. The summed E-state index contributed by atoms with van der Waals surface area (Å²) in [5, 5.41) is 9.31. The van der Waals surface area contributed by atoms with E-state index in [1.54, 1.807) is 6.92 Å². The van der Waals surface area contributed by atoms with E-state index in [2.05, 4.69) is 4.74 Å². The summed E-state index contributed by atoms with van der Waals surface area (Å²) in [7, 11) is 1.35. The Labute approximate surface area is 92.6 Å². The van der Waals surface area contributed by atoms with E-state index in [0.717, 1.165) is 0 Å². The van der Waals surface area contributed by atoms with Gasteiger partial charge in [-0.25, -0.2) is 4.79 Å². The molecule has 0 aromatic heterocycles. The zero-order valence-electron chi connectivity index (χ0n) is 9.02. The van der Waals surface area contributed by atoms with Gasteiger partial charge in [-0.15, -0.1) is 0 Å². The Morgan fingerprint density at radius 1 is 1.38 bits per heavy atom. The number of rotatable bonds is 4. The first-order valence-electron chi connectivity index (χ1n) is 4.68. The van der Waals surface area contributed by atoms with Crippen molar-refractivity contribution in [1.82, 2.24) is 0 Å². The van der Waals surface area contributed by atoms with Gasteiger partial charge < -0.3 is 14.6 Å². The summed E-state index contributed by atoms with van der Waals surface area (Å²) in [5.74, 6) is -1.64. The van der Waals surface area contributed by atoms with Gasteiger partial charge in [0.25, 0.3) is 5.78 Å². The average Bonchev–Trinajstić information content (AvgIpc) is 2.29. The largest absolute Gasteiger partial charge is 0.504 e. The summed E-state index contributed by atoms with van der Waals surface area (Å²) in [6.45, 7) is 1.75. The standard InChI is InChI=1S/C11H12O5/c1-3-16-11(14)10(13)7-4-5-8(12)9(6-7)15-2/h4-6,12H,3H2,1-2H3. The van der Waals surface area contributed by atoms with Gasteiger partial charge in [0, 0.05) is 5.56 Å². The second kappa shape index (κ2) is 5.16. The number of Topliss-reactive ketones (excluding diaryl/α,β-unsaturated/α-hetero) is 1. The van der Waals surface area contributed by atoms with E-state index in [0.29, 0.717) is 0 Å². The minimum Gasteiger partial charge on any atom is -0.504 e. The fraction of sp³-hybridized carbons (Fsp3) is 0.273. The molecular formula is C11H12O5. The molecule has 0 aliphatic rings. The van der Waals surface area contributed by atoms with Crippen LogP contribution in [-0.2, 0) is 9.53 Å². The summed E-state index contributed by atoms with van der Waals surface area (Å²) in [6.07, 6.45) is 0. The minimum absolute atomic E-state index is 0.0945. The number of phenolic OH excluding ortho intramolecular Hbond substituents is 1. The molecule has 0 atom stereocenters. The Morgan fingerprint density at radius 2 is 2.06 bits per heavy atom. The number of carbonyl (C=O) groups excluding carboxylic acids is 2. The summed E-state index contributed by atoms with van der Waals surface area (Å²) in [4.78, 5) is 22.7. The molecule has 0 unspecified atom stereocenters. The third-order valence-corrected chi connectivity index (χ3v) is 1.90. The summed E-state index contributed by atoms with van der Waals surface area (Å²) >= 11 is 0. The molecule has 0 spiro atoms. The van der Waals surface area contributed by atoms with Gasteiger partial charge in [0.1, 0.15) is 0 Å². The first-order chi connectivity index (χ1) is 7.60. The normalized spacial score (nSPS) is 9.62. The third kappa shape index (κ3) is 2.50. The van der Waals surface area contributed by atoms with Gasteiger partial charge in [-0.05, 0) is 25.1 Å². The van der Waals surface area contributed by atoms with Crippen molar-refractivity contribution < 1.29 is 24.2 Å². The maximum atomic E-state index is 11.5. The van der Waals surface area contributed by atoms with Crippen molar-refractivity contribution >= 4 is 11.8 Å². The van der Waals surface area contributed by atoms with Crippen molar-refractivity contribution in [3.63, 3.8) is 0 Å². The molecule has 0 fully saturated rings. The minimum atomic E-state index is -0.921. The van der Waals surface area contributed by atoms with Gasteiger partial charge in [0.2, 0.25) is 0 Å². The van der Waals surface area contributed by atoms with E-state index in [9.17, 15) is 14.7 Å². The molecule has 1 aromatic carbocycles. The lowest BCUT2D eigenvalue weighted by Crippen LogP contribution is -2.17. The van der Waals surface area contributed by atoms with Crippen molar-refractivity contribution in [2.75, 3.05) is 13.7 Å². The zero-order chi connectivity index (χ0) is 12.1. The molecule has 86 valence electrons. The van der Waals surface area contributed by atoms with E-state index in [4.69, 9.17) is 4.74 Å². The van der Waals surface area contributed by atoms with Crippen LogP contribution in [0.5, 0.6) is 11.5 Å². The maximum absolute atomic E-state index is 11.5. The third-order valence-electron chi connectivity index (χ3n) is 1.90. The molecule has 0 radical (unpaired) electrons. The lowest BCUT2D eigenvalue weighted by atomic mass is 10.1. The number of ether oxygens (including phenoxy) is 2. The number of esters is 1. The summed E-state index contributed by atoms with van der Waals surface area (Å²) in [6, 6.07) is 3.90. The SMILES string of the molecule is CCOC(=O)C(=O)c1ccc(O)c(OC)c1. The highest BCUT2D eigenvalue weighted by molar-refractivity contribution is 6.40. The van der Waals surface area contributed by atoms with Crippen LogP contribution in [0.2, 0.25) is 0 Å². The van der Waals surface area contributed by atoms with Gasteiger partial charge in [-0.3, -0.25) is 4.79 Å². The highest BCUT2D eigenvalue weighted by atomic mass is 16.5. The smallest absolute Gasteiger partial charge is 0.379 e. The molecule has 0 saturated carbocycles. The van der Waals surface area contributed by atoms with Crippen LogP contribution >= 0.6 is 0 Å². The highest BCUT2D eigenvalue weighted by Gasteiger charge is 2.18. The number of hydrogen-bond donors (Lipinski definition) is 1. The van der Waals surface area contributed by atoms with Gasteiger partial charge in [0.05, 0.1) is 13.7 Å². The van der Waals surface area contributed by atoms with Gasteiger partial charge in [-0.2, -0.15) is 0 Å². The number of ketones is 1. The Bertz CT molecular complexity index is 411. The number of hydrogen-bond acceptors (Lipinski definition) is 5. The molecular weight excluding hydrogens is 212 g/mol. The van der Waals surface area contributed by atoms with Crippen LogP contribution in [0.25, 0.3) is 0 Å². The van der Waals surface area contributed by atoms with Crippen LogP contribution < -0.4 is 4.74 Å². The average molecular weight is 224 g/mol. The quantitative estimate of drug-likeness (QED) is 0.471. The van der Waals surface area contributed by atoms with Gasteiger partial charge in [-0.1, -0.05) is 0 Å². The Morgan fingerprint density at radius 3 is 2.62 bits per heavy atom. The second-order valence-corrected chi connectivity index (χ2v) is 2.94. The maximum Gasteiger partial charge on any atom is 0.379 e. The molecule has 5 nitrogen and oxygen atoms in total. The molecule has 5 heteroatoms. The van der Waals surface area contributed by atoms with Crippen LogP contribution in [0.1, 0.15) is 17.3 Å². The predicted octanol–water partition coefficient (Wildman–Crippen LogP) is 1.15. The van der Waals surface area contributed by atoms with Gasteiger partial charge >= 0.3 is 5.97 Å². The number of carbonyl (C=O) groups is 2. The number of phenols is 1. The number of benzene rings is 1. The van der Waals surface area contributed by atoms with Crippen LogP contribution in [-0.4, -0.2) is 30.6 Å². The van der Waals surface area contributed by atoms with Crippen LogP contribution in [0, 0.1) is 0 Å². The molecule has 16 heavy (non-hydrogen) atoms. The van der Waals surface area contributed by atoms with E-state index < -0.39 is 11.8 Å². The monoisotopic (exact) mass is 224 g/mol. The zero-order valence-corrected chi connectivity index (χ0v) is 9.02. The van der Waals surface area contributed by atoms with Crippen molar-refractivity contribution in [2.24, 2.45) is 0 Å². The highest BCUT2D eigenvalue weighted by Crippen LogP contribution is 2.26. The molecule has 0 amide bonds. The fourth-order valence-electron chi connectivity index (χ4n) is 1.13. The van der Waals surface area contributed by atoms with E-state index in [-0.39, 0.29) is 23.7 Å². The van der Waals surface area contributed by atoms with Crippen molar-refractivity contribution in [3.05, 3.63) is 23.8 Å². The lowest BCUT2D eigenvalue weighted by molar-refractivity contribution is -0.137. The first kappa shape index (κ1) is 12.0. The molecule has 1 aromatic rings. The van der Waals surface area contributed by atoms with E-state index >= 15 is 0 Å². The molecule has 0 aliphatic carbocycles. The lowest BCUT2D eigenvalue weighted by Gasteiger charge is -2.05. The van der Waals surface area contributed by atoms with Crippen LogP contribution in [0.4, 0.5) is 0 Å². The van der Waals surface area contributed by atoms with Crippen molar-refractivity contribution in [2.45, 2.75) is 6.92 Å². The topological polar surface area (TPSA) is 72.8 Å². The molecule has 0 heterocycles. The Balaban J connectivity index is 2.96. The van der Waals surface area contributed by atoms with Gasteiger partial charge in [0.15, 0.2) is 11.5 Å². The van der Waals surface area contributed by atoms with Crippen molar-refractivity contribution in [3.8, 4) is 11.5 Å². The molecule has 0 saturated heterocycles. The van der Waals surface area contributed by atoms with E-state index in [1.807, 2.05) is 0 Å². The number of aromatic hydroxyl groups is 1. The summed E-state index contributed by atoms with van der Waals surface area (Å²) in [5.41, 5.74) is 0.119. The van der Waals surface area contributed by atoms with E-state index in [1.165, 1.54) is 25.3 Å². The Hall–Kier alpha value is -2.04. The molecule has 1 N–H and O–H groups in total. The van der Waals surface area contributed by atoms with Crippen LogP contribution in [0.3, 0.4) is 0 Å². The Kier molecular flexibility index (Phi) is 3.88. The first-order valence-corrected chi connectivity index (χ1v) is 4.68. The summed E-state index contributed by atoms with van der Waals surface area (Å²) < 4.78 is 9.39. The van der Waals surface area contributed by atoms with Crippen molar-refractivity contribution in [1.29, 1.82) is 0 Å². The van der Waals surface area contributed by atoms with Crippen LogP contribution in [0.15, 0.2) is 18.2 Å². The predicted molar refractivity (Wildman–Crippen MR) is 55.6 cm³/mol. The fourth-order valence-corrected chi connectivity index (χ4v) is 1.13. The number of methoxy groups -OCH3 is 1. The molecule has 0 aliphatic heterocycles.